The highest BCUT2D eigenvalue weighted by atomic mass is 127. The Balaban J connectivity index is 3.30. The van der Waals surface area contributed by atoms with E-state index in [1.54, 1.807) is 22.6 Å². The topological polar surface area (TPSA) is 38.9 Å². The Labute approximate surface area is 96.2 Å². The van der Waals surface area contributed by atoms with Crippen LogP contribution < -0.4 is 5.73 Å². The highest BCUT2D eigenvalue weighted by molar-refractivity contribution is 14.1. The summed E-state index contributed by atoms with van der Waals surface area (Å²) in [5.74, 6) is 0. The van der Waals surface area contributed by atoms with Gasteiger partial charge in [0.1, 0.15) is 3.70 Å². The second-order valence-corrected chi connectivity index (χ2v) is 3.92. The number of nitrogens with zero attached hydrogens (tertiary/aromatic N) is 1. The van der Waals surface area contributed by atoms with Gasteiger partial charge in [-0.1, -0.05) is 15.9 Å². The van der Waals surface area contributed by atoms with E-state index in [4.69, 9.17) is 5.73 Å². The first-order chi connectivity index (χ1) is 6.07. The minimum Gasteiger partial charge on any atom is -0.398 e. The van der Waals surface area contributed by atoms with Crippen molar-refractivity contribution in [3.63, 3.8) is 0 Å². The third-order valence-electron chi connectivity index (χ3n) is 1.55. The third kappa shape index (κ3) is 2.28. The maximum atomic E-state index is 12.5. The molecule has 13 heavy (non-hydrogen) atoms. The SMILES string of the molecule is Nc1c(CBr)cnc(I)c1C(F)F. The van der Waals surface area contributed by atoms with E-state index in [0.29, 0.717) is 10.9 Å². The standard InChI is InChI=1S/C7H6BrF2IN2/c8-1-3-2-13-7(11)4(5(3)12)6(9)10/h2,6H,1H2,(H2,12,13). The Bertz CT molecular complexity index is 320. The number of rotatable bonds is 2. The molecule has 0 bridgehead atoms. The van der Waals surface area contributed by atoms with E-state index >= 15 is 0 Å². The van der Waals surface area contributed by atoms with Crippen molar-refractivity contribution in [1.82, 2.24) is 4.98 Å². The number of halogens is 4. The van der Waals surface area contributed by atoms with Gasteiger partial charge in [0.25, 0.3) is 6.43 Å². The van der Waals surface area contributed by atoms with Crippen LogP contribution in [0.5, 0.6) is 0 Å². The fraction of sp³-hybridized carbons (Fsp3) is 0.286. The minimum atomic E-state index is -2.57. The molecule has 0 aliphatic heterocycles. The van der Waals surface area contributed by atoms with Crippen molar-refractivity contribution >= 4 is 44.2 Å². The Morgan fingerprint density at radius 2 is 2.23 bits per heavy atom. The van der Waals surface area contributed by atoms with Gasteiger partial charge in [-0.15, -0.1) is 0 Å². The number of hydrogen-bond donors (Lipinski definition) is 1. The van der Waals surface area contributed by atoms with Gasteiger partial charge in [-0.25, -0.2) is 13.8 Å². The molecule has 0 aromatic carbocycles. The molecule has 1 rings (SSSR count). The van der Waals surface area contributed by atoms with E-state index in [2.05, 4.69) is 20.9 Å². The highest BCUT2D eigenvalue weighted by Gasteiger charge is 2.18. The normalized spacial score (nSPS) is 10.8. The molecular weight excluding hydrogens is 357 g/mol. The number of alkyl halides is 3. The molecule has 2 nitrogen and oxygen atoms in total. The van der Waals surface area contributed by atoms with Crippen molar-refractivity contribution in [2.75, 3.05) is 5.73 Å². The lowest BCUT2D eigenvalue weighted by Gasteiger charge is -2.09. The molecule has 0 amide bonds. The molecule has 0 aliphatic carbocycles. The van der Waals surface area contributed by atoms with Crippen molar-refractivity contribution in [1.29, 1.82) is 0 Å². The molecule has 0 aliphatic rings. The molecule has 0 unspecified atom stereocenters. The predicted molar refractivity (Wildman–Crippen MR) is 59.0 cm³/mol. The zero-order valence-electron chi connectivity index (χ0n) is 6.40. The van der Waals surface area contributed by atoms with Gasteiger partial charge < -0.3 is 5.73 Å². The summed E-state index contributed by atoms with van der Waals surface area (Å²) in [6.45, 7) is 0. The molecule has 0 spiro atoms. The maximum Gasteiger partial charge on any atom is 0.268 e. The second kappa shape index (κ2) is 4.50. The van der Waals surface area contributed by atoms with E-state index in [1.807, 2.05) is 0 Å². The van der Waals surface area contributed by atoms with Crippen LogP contribution in [0, 0.1) is 3.70 Å². The third-order valence-corrected chi connectivity index (χ3v) is 3.02. The first-order valence-electron chi connectivity index (χ1n) is 3.34. The van der Waals surface area contributed by atoms with E-state index < -0.39 is 6.43 Å². The molecular formula is C7H6BrF2IN2. The minimum absolute atomic E-state index is 0.131. The quantitative estimate of drug-likeness (QED) is 0.499. The predicted octanol–water partition coefficient (Wildman–Crippen LogP) is 3.10. The van der Waals surface area contributed by atoms with E-state index in [0.717, 1.165) is 0 Å². The van der Waals surface area contributed by atoms with Crippen molar-refractivity contribution in [2.24, 2.45) is 0 Å². The van der Waals surface area contributed by atoms with E-state index in [9.17, 15) is 8.78 Å². The second-order valence-electron chi connectivity index (χ2n) is 2.34. The molecule has 0 fully saturated rings. The molecule has 1 aromatic heterocycles. The number of aromatic nitrogens is 1. The summed E-state index contributed by atoms with van der Waals surface area (Å²) < 4.78 is 25.2. The van der Waals surface area contributed by atoms with Gasteiger partial charge in [0.2, 0.25) is 0 Å². The average Bonchev–Trinajstić information content (AvgIpc) is 2.04. The van der Waals surface area contributed by atoms with E-state index in [-0.39, 0.29) is 15.0 Å². The Morgan fingerprint density at radius 3 is 2.69 bits per heavy atom. The van der Waals surface area contributed by atoms with Gasteiger partial charge in [-0.05, 0) is 22.6 Å². The van der Waals surface area contributed by atoms with Crippen LogP contribution >= 0.6 is 38.5 Å². The zero-order chi connectivity index (χ0) is 10.0. The monoisotopic (exact) mass is 362 g/mol. The molecule has 0 saturated heterocycles. The van der Waals surface area contributed by atoms with Crippen LogP contribution in [0.2, 0.25) is 0 Å². The zero-order valence-corrected chi connectivity index (χ0v) is 10.1. The number of anilines is 1. The first kappa shape index (κ1) is 11.1. The van der Waals surface area contributed by atoms with Crippen LogP contribution in [-0.2, 0) is 5.33 Å². The lowest BCUT2D eigenvalue weighted by molar-refractivity contribution is 0.150. The lowest BCUT2D eigenvalue weighted by Crippen LogP contribution is -2.03. The summed E-state index contributed by atoms with van der Waals surface area (Å²) in [6.07, 6.45) is -1.07. The van der Waals surface area contributed by atoms with Crippen molar-refractivity contribution in [3.05, 3.63) is 21.0 Å². The molecule has 1 heterocycles. The number of pyridine rings is 1. The van der Waals surface area contributed by atoms with Gasteiger partial charge >= 0.3 is 0 Å². The molecule has 0 saturated carbocycles. The molecule has 6 heteroatoms. The van der Waals surface area contributed by atoms with Crippen LogP contribution in [0.1, 0.15) is 17.6 Å². The van der Waals surface area contributed by atoms with Crippen molar-refractivity contribution in [3.8, 4) is 0 Å². The fourth-order valence-corrected chi connectivity index (χ4v) is 1.98. The van der Waals surface area contributed by atoms with Crippen molar-refractivity contribution in [2.45, 2.75) is 11.8 Å². The van der Waals surface area contributed by atoms with Crippen LogP contribution in [0.3, 0.4) is 0 Å². The van der Waals surface area contributed by atoms with Gasteiger partial charge in [0, 0.05) is 22.8 Å². The van der Waals surface area contributed by atoms with Crippen LogP contribution in [-0.4, -0.2) is 4.98 Å². The largest absolute Gasteiger partial charge is 0.398 e. The molecule has 1 aromatic rings. The average molecular weight is 363 g/mol. The van der Waals surface area contributed by atoms with Crippen molar-refractivity contribution < 1.29 is 8.78 Å². The molecule has 0 radical (unpaired) electrons. The van der Waals surface area contributed by atoms with Gasteiger partial charge in [0.05, 0.1) is 5.56 Å². The van der Waals surface area contributed by atoms with E-state index in [1.165, 1.54) is 6.20 Å². The number of nitrogens with two attached hydrogens (primary N) is 1. The number of nitrogen functional groups attached to an aromatic ring is 1. The highest BCUT2D eigenvalue weighted by Crippen LogP contribution is 2.31. The van der Waals surface area contributed by atoms with Crippen LogP contribution in [0.4, 0.5) is 14.5 Å². The smallest absolute Gasteiger partial charge is 0.268 e. The maximum absolute atomic E-state index is 12.5. The molecule has 72 valence electrons. The summed E-state index contributed by atoms with van der Waals surface area (Å²) in [6, 6.07) is 0. The van der Waals surface area contributed by atoms with Gasteiger partial charge in [-0.3, -0.25) is 0 Å². The van der Waals surface area contributed by atoms with Crippen LogP contribution in [0.25, 0.3) is 0 Å². The fourth-order valence-electron chi connectivity index (χ4n) is 0.872. The lowest BCUT2D eigenvalue weighted by atomic mass is 10.2. The van der Waals surface area contributed by atoms with Crippen LogP contribution in [0.15, 0.2) is 6.20 Å². The Morgan fingerprint density at radius 1 is 1.62 bits per heavy atom. The summed E-state index contributed by atoms with van der Waals surface area (Å²) in [5.41, 5.74) is 6.10. The first-order valence-corrected chi connectivity index (χ1v) is 5.54. The summed E-state index contributed by atoms with van der Waals surface area (Å²) in [7, 11) is 0. The van der Waals surface area contributed by atoms with Gasteiger partial charge in [0.15, 0.2) is 0 Å². The van der Waals surface area contributed by atoms with Gasteiger partial charge in [-0.2, -0.15) is 0 Å². The number of hydrogen-bond acceptors (Lipinski definition) is 2. The Kier molecular flexibility index (Phi) is 3.84. The molecule has 2 N–H and O–H groups in total. The molecule has 0 atom stereocenters. The summed E-state index contributed by atoms with van der Waals surface area (Å²) >= 11 is 4.90. The summed E-state index contributed by atoms with van der Waals surface area (Å²) in [4.78, 5) is 3.83. The Hall–Kier alpha value is 0.0200. The summed E-state index contributed by atoms with van der Waals surface area (Å²) in [5, 5.41) is 0.433.